The highest BCUT2D eigenvalue weighted by molar-refractivity contribution is 7.13. The van der Waals surface area contributed by atoms with Crippen LogP contribution >= 0.6 is 11.3 Å². The maximum Gasteiger partial charge on any atom is 0.243 e. The Morgan fingerprint density at radius 3 is 2.29 bits per heavy atom. The molecular formula is C64H81N13O7S. The molecule has 4 atom stereocenters. The number of phenolic OH excluding ortho intramolecular Hbond substituents is 1. The van der Waals surface area contributed by atoms with Crippen molar-refractivity contribution in [2.24, 2.45) is 11.8 Å². The Kier molecular flexibility index (Phi) is 17.4. The number of carbonyl (C=O) groups excluding carboxylic acids is 2. The number of nitrogens with one attached hydrogen (secondary N) is 2. The van der Waals surface area contributed by atoms with Crippen molar-refractivity contribution in [3.63, 3.8) is 0 Å². The minimum absolute atomic E-state index is 0.0839. The van der Waals surface area contributed by atoms with Gasteiger partial charge in [0.25, 0.3) is 0 Å². The van der Waals surface area contributed by atoms with Gasteiger partial charge in [0.1, 0.15) is 23.8 Å². The highest BCUT2D eigenvalue weighted by Crippen LogP contribution is 2.39. The van der Waals surface area contributed by atoms with E-state index in [1.54, 1.807) is 28.4 Å². The van der Waals surface area contributed by atoms with Crippen molar-refractivity contribution < 1.29 is 33.8 Å². The number of anilines is 3. The van der Waals surface area contributed by atoms with Crippen molar-refractivity contribution in [3.05, 3.63) is 102 Å². The predicted octanol–water partition coefficient (Wildman–Crippen LogP) is 9.56. The number of fused-ring (bicyclic) bond motifs is 1. The number of thiazole rings is 1. The molecule has 5 aromatic heterocycles. The summed E-state index contributed by atoms with van der Waals surface area (Å²) >= 11 is 1.60. The number of hydrogen-bond donors (Lipinski definition) is 4. The van der Waals surface area contributed by atoms with Gasteiger partial charge in [-0.15, -0.1) is 21.5 Å². The number of piperidine rings is 3. The van der Waals surface area contributed by atoms with Crippen molar-refractivity contribution in [1.82, 2.24) is 50.2 Å². The number of β-amino-alcohol motifs (C(OH)–C–C–N with tert-alkyl or cyclic N) is 1. The van der Waals surface area contributed by atoms with E-state index in [1.165, 1.54) is 0 Å². The number of aromatic nitrogens is 7. The van der Waals surface area contributed by atoms with E-state index in [-0.39, 0.29) is 72.9 Å². The third-order valence-electron chi connectivity index (χ3n) is 18.1. The summed E-state index contributed by atoms with van der Waals surface area (Å²) in [5, 5.41) is 46.6. The number of nitrogens with zero attached hydrogens (tertiary/aromatic N) is 11. The van der Waals surface area contributed by atoms with Gasteiger partial charge in [-0.2, -0.15) is 5.10 Å². The molecule has 2 amide bonds. The number of benzene rings is 2. The monoisotopic (exact) mass is 1180 g/mol. The van der Waals surface area contributed by atoms with E-state index in [1.807, 2.05) is 87.9 Å². The van der Waals surface area contributed by atoms with E-state index >= 15 is 0 Å². The molecule has 450 valence electrons. The Hall–Kier alpha value is -7.20. The quantitative estimate of drug-likeness (QED) is 0.0591. The van der Waals surface area contributed by atoms with E-state index < -0.39 is 18.1 Å². The van der Waals surface area contributed by atoms with Crippen LogP contribution in [0.2, 0.25) is 0 Å². The Bertz CT molecular complexity index is 3410. The molecular weight excluding hydrogens is 1090 g/mol. The van der Waals surface area contributed by atoms with E-state index in [4.69, 9.17) is 19.1 Å². The first-order chi connectivity index (χ1) is 41.2. The van der Waals surface area contributed by atoms with Crippen molar-refractivity contribution in [2.75, 3.05) is 67.5 Å². The van der Waals surface area contributed by atoms with Crippen LogP contribution in [0, 0.1) is 18.8 Å². The van der Waals surface area contributed by atoms with Crippen molar-refractivity contribution in [3.8, 4) is 33.3 Å². The zero-order valence-corrected chi connectivity index (χ0v) is 50.5. The molecule has 21 heteroatoms. The average Bonchev–Trinajstić information content (AvgIpc) is 2.97. The number of likely N-dealkylation sites (tertiary alicyclic amines) is 2. The molecule has 9 heterocycles. The highest BCUT2D eigenvalue weighted by Gasteiger charge is 2.44. The standard InChI is InChI=1S/C64H81N13O7S/c1-38(2)59(64(81)76-36-47(78)30-54(76)63(80)68-40(5)43-11-13-44(14-12-43)61-41(6)66-37-85-61)56-34-57(72-84-56)75-25-16-42(17-26-75)35-73-23-20-48(21-24-73)82-49-31-50(32-49)83-58-29-46(15-22-65-58)74-27-18-45(19-28-74)77-53-33-52(51-9-7-8-10-55(51)79)69-70-60(53)62(71-77)67-39(3)4/h7-15,22,29,33-34,37-40,42,45,47-50,54,59,78-79H,16-21,23-28,30-32,35-36H2,1-6H3,(H,67,71)(H,68,80)/t40-,47+,49?,50?,54-,59?/m0/s1. The normalized spacial score (nSPS) is 21.9. The Morgan fingerprint density at radius 1 is 0.824 bits per heavy atom. The van der Waals surface area contributed by atoms with Crippen molar-refractivity contribution in [1.29, 1.82) is 0 Å². The first-order valence-electron chi connectivity index (χ1n) is 30.7. The largest absolute Gasteiger partial charge is 0.507 e. The first-order valence-corrected chi connectivity index (χ1v) is 31.6. The number of ether oxygens (including phenoxy) is 2. The summed E-state index contributed by atoms with van der Waals surface area (Å²) in [6.07, 6.45) is 9.45. The minimum atomic E-state index is -0.804. The Labute approximate surface area is 501 Å². The van der Waals surface area contributed by atoms with E-state index in [0.717, 1.165) is 147 Å². The fraction of sp³-hybridized carbons (Fsp3) is 0.531. The molecule has 1 saturated carbocycles. The first kappa shape index (κ1) is 58.2. The number of aliphatic hydroxyl groups is 1. The van der Waals surface area contributed by atoms with Crippen LogP contribution in [0.5, 0.6) is 11.6 Å². The summed E-state index contributed by atoms with van der Waals surface area (Å²) in [5.74, 6) is 2.04. The minimum Gasteiger partial charge on any atom is -0.507 e. The third kappa shape index (κ3) is 13.0. The summed E-state index contributed by atoms with van der Waals surface area (Å²) in [4.78, 5) is 47.2. The second-order valence-electron chi connectivity index (χ2n) is 24.9. The van der Waals surface area contributed by atoms with Gasteiger partial charge in [-0.1, -0.05) is 55.4 Å². The maximum atomic E-state index is 14.4. The van der Waals surface area contributed by atoms with Gasteiger partial charge in [-0.3, -0.25) is 14.3 Å². The molecule has 1 aliphatic carbocycles. The molecule has 5 fully saturated rings. The number of carbonyl (C=O) groups is 2. The number of aryl methyl sites for hydroxylation is 1. The summed E-state index contributed by atoms with van der Waals surface area (Å²) in [7, 11) is 0. The molecule has 0 radical (unpaired) electrons. The molecule has 20 nitrogen and oxygen atoms in total. The van der Waals surface area contributed by atoms with Crippen LogP contribution in [-0.2, 0) is 14.3 Å². The Morgan fingerprint density at radius 2 is 1.58 bits per heavy atom. The molecule has 2 aromatic carbocycles. The lowest BCUT2D eigenvalue weighted by atomic mass is 9.91. The number of para-hydroxylation sites is 1. The number of hydrogen-bond acceptors (Lipinski definition) is 18. The molecule has 4 aliphatic heterocycles. The lowest BCUT2D eigenvalue weighted by Crippen LogP contribution is -2.48. The number of phenols is 1. The molecule has 1 unspecified atom stereocenters. The van der Waals surface area contributed by atoms with Gasteiger partial charge in [-0.25, -0.2) is 9.97 Å². The molecule has 5 aliphatic rings. The summed E-state index contributed by atoms with van der Waals surface area (Å²) in [6.45, 7) is 18.7. The summed E-state index contributed by atoms with van der Waals surface area (Å²) < 4.78 is 21.1. The average molecular weight is 1180 g/mol. The van der Waals surface area contributed by atoms with Gasteiger partial charge in [0.05, 0.1) is 57.7 Å². The summed E-state index contributed by atoms with van der Waals surface area (Å²) in [5.41, 5.74) is 8.84. The van der Waals surface area contributed by atoms with E-state index in [0.29, 0.717) is 28.8 Å². The van der Waals surface area contributed by atoms with Crippen LogP contribution < -0.4 is 25.2 Å². The zero-order valence-electron chi connectivity index (χ0n) is 49.7. The van der Waals surface area contributed by atoms with Gasteiger partial charge < -0.3 is 54.4 Å². The molecule has 4 N–H and O–H groups in total. The van der Waals surface area contributed by atoms with Crippen LogP contribution in [-0.4, -0.2) is 156 Å². The van der Waals surface area contributed by atoms with Crippen molar-refractivity contribution in [2.45, 2.75) is 154 Å². The van der Waals surface area contributed by atoms with E-state index in [2.05, 4.69) is 81.3 Å². The second kappa shape index (κ2) is 25.4. The van der Waals surface area contributed by atoms with Gasteiger partial charge in [0.15, 0.2) is 22.9 Å². The van der Waals surface area contributed by atoms with Gasteiger partial charge in [0.2, 0.25) is 17.7 Å². The molecule has 0 spiro atoms. The van der Waals surface area contributed by atoms with Crippen LogP contribution in [0.3, 0.4) is 0 Å². The molecule has 0 bridgehead atoms. The zero-order chi connectivity index (χ0) is 58.9. The predicted molar refractivity (Wildman–Crippen MR) is 328 cm³/mol. The molecule has 12 rings (SSSR count). The van der Waals surface area contributed by atoms with Gasteiger partial charge in [-0.05, 0) is 113 Å². The number of amides is 2. The Balaban J connectivity index is 0.562. The lowest BCUT2D eigenvalue weighted by molar-refractivity contribution is -0.141. The number of aliphatic hydroxyl groups excluding tert-OH is 1. The van der Waals surface area contributed by atoms with Gasteiger partial charge >= 0.3 is 0 Å². The SMILES string of the molecule is Cc1ncsc1-c1ccc([C@H](C)NC(=O)[C@@H]2C[C@@H](O)CN2C(=O)C(c2cc(N3CCC(CN4CCC(OC5CC(Oc6cc(N7CCC(n8nc(NC(C)C)c9nnc(-c%10ccccc%10O)cc98)CC7)ccn6)C5)CC4)CC3)no2)C(C)C)cc1. The summed E-state index contributed by atoms with van der Waals surface area (Å²) in [6, 6.07) is 22.6. The fourth-order valence-corrected chi connectivity index (χ4v) is 14.0. The fourth-order valence-electron chi connectivity index (χ4n) is 13.2. The van der Waals surface area contributed by atoms with E-state index in [9.17, 15) is 19.8 Å². The van der Waals surface area contributed by atoms with Crippen LogP contribution in [0.25, 0.3) is 32.7 Å². The molecule has 85 heavy (non-hydrogen) atoms. The highest BCUT2D eigenvalue weighted by atomic mass is 32.1. The molecule has 4 saturated heterocycles. The van der Waals surface area contributed by atoms with Crippen LogP contribution in [0.1, 0.15) is 127 Å². The van der Waals surface area contributed by atoms with Crippen LogP contribution in [0.4, 0.5) is 17.3 Å². The lowest BCUT2D eigenvalue weighted by Gasteiger charge is -2.41. The van der Waals surface area contributed by atoms with Crippen LogP contribution in [0.15, 0.2) is 89.0 Å². The van der Waals surface area contributed by atoms with Gasteiger partial charge in [0, 0.05) is 107 Å². The topological polar surface area (TPSA) is 225 Å². The smallest absolute Gasteiger partial charge is 0.243 e. The maximum absolute atomic E-state index is 14.4. The number of pyridine rings is 1. The molecule has 7 aromatic rings. The second-order valence-corrected chi connectivity index (χ2v) is 25.7. The number of aromatic hydroxyl groups is 1. The van der Waals surface area contributed by atoms with Crippen molar-refractivity contribution >= 4 is 51.5 Å². The third-order valence-corrected chi connectivity index (χ3v) is 19.0. The number of rotatable bonds is 19.